The Kier molecular flexibility index (Phi) is 39.5. The van der Waals surface area contributed by atoms with Gasteiger partial charge in [-0.05, 0) is 38.5 Å². The van der Waals surface area contributed by atoms with Crippen LogP contribution in [0, 0.1) is 0 Å². The SMILES string of the molecule is CCCCCCCC/C=C/CCCCCCCCCC(=O)OC[C@H](COP(=O)(O)O)OC(=O)CCCCCCCCCCCCCCCCCCCC. The minimum absolute atomic E-state index is 0.217. The molecule has 0 aromatic carbocycles. The largest absolute Gasteiger partial charge is 0.469 e. The number of ether oxygens (including phenoxy) is 2. The highest BCUT2D eigenvalue weighted by atomic mass is 31.2. The molecule has 0 unspecified atom stereocenters. The number of rotatable bonds is 42. The average Bonchev–Trinajstić information content (AvgIpc) is 3.13. The molecule has 0 saturated heterocycles. The molecular formula is C44H85O8P. The lowest BCUT2D eigenvalue weighted by atomic mass is 10.0. The number of phosphoric acid groups is 1. The van der Waals surface area contributed by atoms with Gasteiger partial charge >= 0.3 is 19.8 Å². The molecule has 0 aliphatic rings. The van der Waals surface area contributed by atoms with E-state index in [4.69, 9.17) is 19.3 Å². The maximum Gasteiger partial charge on any atom is 0.469 e. The van der Waals surface area contributed by atoms with Crippen LogP contribution < -0.4 is 0 Å². The number of carbonyl (C=O) groups excluding carboxylic acids is 2. The Balaban J connectivity index is 3.85. The van der Waals surface area contributed by atoms with Crippen LogP contribution in [-0.4, -0.2) is 41.0 Å². The summed E-state index contributed by atoms with van der Waals surface area (Å²) in [6.45, 7) is 3.71. The molecule has 53 heavy (non-hydrogen) atoms. The standard InChI is InChI=1S/C44H85O8P/c1-3-5-7-9-11-13-15-17-19-21-23-25-27-29-31-33-35-37-39-44(46)52-42(41-51-53(47,48)49)40-50-43(45)38-36-34-32-30-28-26-24-22-20-18-16-14-12-10-8-6-4-2/h18,20,42H,3-17,19,21-41H2,1-2H3,(H2,47,48,49)/b20-18+/t42-/m1/s1. The van der Waals surface area contributed by atoms with Crippen molar-refractivity contribution in [3.63, 3.8) is 0 Å². The van der Waals surface area contributed by atoms with Crippen LogP contribution in [0.1, 0.15) is 239 Å². The van der Waals surface area contributed by atoms with Gasteiger partial charge in [0.2, 0.25) is 0 Å². The Hall–Kier alpha value is -1.21. The van der Waals surface area contributed by atoms with E-state index in [1.165, 1.54) is 161 Å². The molecule has 0 aromatic heterocycles. The van der Waals surface area contributed by atoms with Gasteiger partial charge in [0, 0.05) is 12.8 Å². The number of esters is 2. The van der Waals surface area contributed by atoms with Crippen LogP contribution >= 0.6 is 7.82 Å². The Labute approximate surface area is 327 Å². The summed E-state index contributed by atoms with van der Waals surface area (Å²) in [4.78, 5) is 42.9. The molecule has 0 radical (unpaired) electrons. The van der Waals surface area contributed by atoms with E-state index in [0.29, 0.717) is 6.42 Å². The molecule has 9 heteroatoms. The highest BCUT2D eigenvalue weighted by Gasteiger charge is 2.23. The van der Waals surface area contributed by atoms with Crippen LogP contribution in [-0.2, 0) is 28.2 Å². The molecule has 0 aliphatic carbocycles. The first-order valence-electron chi connectivity index (χ1n) is 22.5. The smallest absolute Gasteiger partial charge is 0.462 e. The maximum atomic E-state index is 12.4. The van der Waals surface area contributed by atoms with E-state index in [9.17, 15) is 14.2 Å². The predicted octanol–water partition coefficient (Wildman–Crippen LogP) is 13.8. The van der Waals surface area contributed by atoms with Crippen molar-refractivity contribution < 1.29 is 37.9 Å². The second kappa shape index (κ2) is 40.5. The zero-order chi connectivity index (χ0) is 38.9. The van der Waals surface area contributed by atoms with Gasteiger partial charge in [0.05, 0.1) is 6.61 Å². The molecule has 0 saturated carbocycles. The van der Waals surface area contributed by atoms with Gasteiger partial charge in [0.25, 0.3) is 0 Å². The highest BCUT2D eigenvalue weighted by Crippen LogP contribution is 2.36. The molecule has 314 valence electrons. The summed E-state index contributed by atoms with van der Waals surface area (Å²) in [5.74, 6) is -0.875. The van der Waals surface area contributed by atoms with E-state index in [0.717, 1.165) is 44.9 Å². The third kappa shape index (κ3) is 43.4. The Morgan fingerprint density at radius 2 is 0.792 bits per heavy atom. The van der Waals surface area contributed by atoms with Crippen molar-refractivity contribution in [3.05, 3.63) is 12.2 Å². The van der Waals surface area contributed by atoms with Crippen molar-refractivity contribution in [1.29, 1.82) is 0 Å². The Morgan fingerprint density at radius 3 is 1.15 bits per heavy atom. The summed E-state index contributed by atoms with van der Waals surface area (Å²) in [6, 6.07) is 0. The van der Waals surface area contributed by atoms with Crippen LogP contribution in [0.15, 0.2) is 12.2 Å². The minimum atomic E-state index is -4.75. The monoisotopic (exact) mass is 773 g/mol. The molecule has 0 bridgehead atoms. The molecule has 0 heterocycles. The summed E-state index contributed by atoms with van der Waals surface area (Å²) in [5, 5.41) is 0. The zero-order valence-corrected chi connectivity index (χ0v) is 35.6. The molecule has 8 nitrogen and oxygen atoms in total. The third-order valence-corrected chi connectivity index (χ3v) is 10.5. The topological polar surface area (TPSA) is 119 Å². The van der Waals surface area contributed by atoms with Crippen LogP contribution in [0.4, 0.5) is 0 Å². The third-order valence-electron chi connectivity index (χ3n) is 10.0. The average molecular weight is 773 g/mol. The van der Waals surface area contributed by atoms with Crippen molar-refractivity contribution in [1.82, 2.24) is 0 Å². The van der Waals surface area contributed by atoms with Crippen molar-refractivity contribution in [2.75, 3.05) is 13.2 Å². The minimum Gasteiger partial charge on any atom is -0.462 e. The molecular weight excluding hydrogens is 687 g/mol. The van der Waals surface area contributed by atoms with Crippen LogP contribution in [0.25, 0.3) is 0 Å². The number of allylic oxidation sites excluding steroid dienone is 2. The van der Waals surface area contributed by atoms with Crippen molar-refractivity contribution in [2.24, 2.45) is 0 Å². The molecule has 0 aromatic rings. The van der Waals surface area contributed by atoms with Crippen LogP contribution in [0.5, 0.6) is 0 Å². The predicted molar refractivity (Wildman–Crippen MR) is 221 cm³/mol. The Morgan fingerprint density at radius 1 is 0.472 bits per heavy atom. The molecule has 2 N–H and O–H groups in total. The number of hydrogen-bond acceptors (Lipinski definition) is 6. The van der Waals surface area contributed by atoms with Gasteiger partial charge in [-0.3, -0.25) is 14.1 Å². The van der Waals surface area contributed by atoms with Crippen LogP contribution in [0.3, 0.4) is 0 Å². The summed E-state index contributed by atoms with van der Waals surface area (Å²) in [5.41, 5.74) is 0. The zero-order valence-electron chi connectivity index (χ0n) is 34.7. The number of hydrogen-bond donors (Lipinski definition) is 2. The molecule has 0 aliphatic heterocycles. The highest BCUT2D eigenvalue weighted by molar-refractivity contribution is 7.46. The number of phosphoric ester groups is 1. The van der Waals surface area contributed by atoms with Gasteiger partial charge in [0.15, 0.2) is 6.10 Å². The van der Waals surface area contributed by atoms with E-state index in [1.807, 2.05) is 0 Å². The summed E-state index contributed by atoms with van der Waals surface area (Å²) in [6.07, 6.45) is 45.0. The summed E-state index contributed by atoms with van der Waals surface area (Å²) < 4.78 is 26.4. The summed E-state index contributed by atoms with van der Waals surface area (Å²) >= 11 is 0. The van der Waals surface area contributed by atoms with E-state index in [1.54, 1.807) is 0 Å². The van der Waals surface area contributed by atoms with E-state index < -0.39 is 32.5 Å². The first-order valence-corrected chi connectivity index (χ1v) is 24.0. The van der Waals surface area contributed by atoms with Gasteiger partial charge in [-0.15, -0.1) is 0 Å². The quantitative estimate of drug-likeness (QED) is 0.0272. The maximum absolute atomic E-state index is 12.4. The number of unbranched alkanes of at least 4 members (excludes halogenated alkanes) is 30. The molecule has 0 rings (SSSR count). The fraction of sp³-hybridized carbons (Fsp3) is 0.909. The van der Waals surface area contributed by atoms with Crippen molar-refractivity contribution in [2.45, 2.75) is 245 Å². The lowest BCUT2D eigenvalue weighted by Crippen LogP contribution is -2.29. The lowest BCUT2D eigenvalue weighted by molar-refractivity contribution is -0.161. The molecule has 1 atom stereocenters. The summed E-state index contributed by atoms with van der Waals surface area (Å²) in [7, 11) is -4.75. The van der Waals surface area contributed by atoms with Gasteiger partial charge in [0.1, 0.15) is 6.61 Å². The Bertz CT molecular complexity index is 873. The fourth-order valence-corrected chi connectivity index (χ4v) is 7.02. The van der Waals surface area contributed by atoms with E-state index in [2.05, 4.69) is 30.5 Å². The molecule has 0 amide bonds. The fourth-order valence-electron chi connectivity index (χ4n) is 6.66. The van der Waals surface area contributed by atoms with Gasteiger partial charge in [-0.1, -0.05) is 199 Å². The first-order chi connectivity index (χ1) is 25.8. The van der Waals surface area contributed by atoms with E-state index >= 15 is 0 Å². The van der Waals surface area contributed by atoms with Crippen molar-refractivity contribution >= 4 is 19.8 Å². The van der Waals surface area contributed by atoms with Crippen LogP contribution in [0.2, 0.25) is 0 Å². The van der Waals surface area contributed by atoms with Gasteiger partial charge in [-0.2, -0.15) is 0 Å². The van der Waals surface area contributed by atoms with E-state index in [-0.39, 0.29) is 19.4 Å². The number of carbonyl (C=O) groups is 2. The van der Waals surface area contributed by atoms with Crippen molar-refractivity contribution in [3.8, 4) is 0 Å². The normalized spacial score (nSPS) is 12.5. The lowest BCUT2D eigenvalue weighted by Gasteiger charge is -2.18. The second-order valence-corrected chi connectivity index (χ2v) is 16.6. The first kappa shape index (κ1) is 51.8. The van der Waals surface area contributed by atoms with Gasteiger partial charge < -0.3 is 19.3 Å². The molecule has 0 spiro atoms. The second-order valence-electron chi connectivity index (χ2n) is 15.4. The molecule has 0 fully saturated rings. The van der Waals surface area contributed by atoms with Gasteiger partial charge in [-0.25, -0.2) is 4.57 Å².